The summed E-state index contributed by atoms with van der Waals surface area (Å²) in [7, 11) is 0. The van der Waals surface area contributed by atoms with E-state index in [1.807, 2.05) is 45.0 Å². The molecule has 0 heterocycles. The third kappa shape index (κ3) is 6.29. The maximum atomic E-state index is 12.5. The number of carbonyl (C=O) groups excluding carboxylic acids is 2. The number of amides is 2. The first-order chi connectivity index (χ1) is 12.9. The summed E-state index contributed by atoms with van der Waals surface area (Å²) in [4.78, 5) is 26.4. The molecule has 0 aliphatic heterocycles. The minimum absolute atomic E-state index is 0.00991. The van der Waals surface area contributed by atoms with Gasteiger partial charge in [-0.3, -0.25) is 9.59 Å². The molecule has 27 heavy (non-hydrogen) atoms. The summed E-state index contributed by atoms with van der Waals surface area (Å²) < 4.78 is 5.57. The molecule has 5 nitrogen and oxygen atoms in total. The summed E-state index contributed by atoms with van der Waals surface area (Å²) >= 11 is 5.99. The third-order valence-corrected chi connectivity index (χ3v) is 4.52. The van der Waals surface area contributed by atoms with Crippen molar-refractivity contribution in [2.24, 2.45) is 0 Å². The van der Waals surface area contributed by atoms with Crippen molar-refractivity contribution in [3.63, 3.8) is 0 Å². The van der Waals surface area contributed by atoms with Crippen LogP contribution < -0.4 is 10.1 Å². The van der Waals surface area contributed by atoms with Gasteiger partial charge in [0, 0.05) is 17.3 Å². The first kappa shape index (κ1) is 20.8. The lowest BCUT2D eigenvalue weighted by Gasteiger charge is -2.22. The first-order valence-corrected chi connectivity index (χ1v) is 9.30. The number of nitrogens with zero attached hydrogens (tertiary/aromatic N) is 1. The van der Waals surface area contributed by atoms with E-state index >= 15 is 0 Å². The number of carbonyl (C=O) groups is 2. The average Bonchev–Trinajstić information content (AvgIpc) is 2.64. The molecule has 0 fully saturated rings. The quantitative estimate of drug-likeness (QED) is 0.736. The van der Waals surface area contributed by atoms with Crippen LogP contribution >= 0.6 is 11.6 Å². The average molecular weight is 389 g/mol. The number of nitrogens with one attached hydrogen (secondary N) is 1. The second-order valence-corrected chi connectivity index (χ2v) is 6.79. The first-order valence-electron chi connectivity index (χ1n) is 8.93. The zero-order chi connectivity index (χ0) is 19.8. The van der Waals surface area contributed by atoms with Crippen molar-refractivity contribution in [1.29, 1.82) is 0 Å². The van der Waals surface area contributed by atoms with Gasteiger partial charge in [0.15, 0.2) is 6.61 Å². The van der Waals surface area contributed by atoms with Crippen LogP contribution in [0.2, 0.25) is 5.02 Å². The number of aryl methyl sites for hydroxylation is 2. The minimum Gasteiger partial charge on any atom is -0.484 e. The van der Waals surface area contributed by atoms with E-state index in [1.165, 1.54) is 4.90 Å². The number of ether oxygens (including phenoxy) is 1. The van der Waals surface area contributed by atoms with Crippen LogP contribution in [0.15, 0.2) is 42.5 Å². The largest absolute Gasteiger partial charge is 0.484 e. The van der Waals surface area contributed by atoms with E-state index in [4.69, 9.17) is 16.3 Å². The Morgan fingerprint density at radius 3 is 2.52 bits per heavy atom. The monoisotopic (exact) mass is 388 g/mol. The number of benzene rings is 2. The van der Waals surface area contributed by atoms with E-state index in [0.717, 1.165) is 23.2 Å². The third-order valence-electron chi connectivity index (χ3n) is 4.09. The van der Waals surface area contributed by atoms with Crippen LogP contribution in [0, 0.1) is 13.8 Å². The number of rotatable bonds is 8. The van der Waals surface area contributed by atoms with Gasteiger partial charge in [-0.15, -0.1) is 0 Å². The van der Waals surface area contributed by atoms with Gasteiger partial charge in [-0.05, 0) is 55.7 Å². The minimum atomic E-state index is -0.232. The molecule has 0 unspecified atom stereocenters. The van der Waals surface area contributed by atoms with Gasteiger partial charge in [0.25, 0.3) is 5.91 Å². The topological polar surface area (TPSA) is 58.6 Å². The highest BCUT2D eigenvalue weighted by molar-refractivity contribution is 6.31. The molecule has 0 aromatic heterocycles. The molecule has 0 aliphatic rings. The molecular weight excluding hydrogens is 364 g/mol. The SMILES string of the molecule is CCCN(CC(=O)Nc1ccccc1C)C(=O)COc1ccc(Cl)c(C)c1. The highest BCUT2D eigenvalue weighted by Crippen LogP contribution is 2.21. The lowest BCUT2D eigenvalue weighted by Crippen LogP contribution is -2.41. The summed E-state index contributed by atoms with van der Waals surface area (Å²) in [6.45, 7) is 6.11. The highest BCUT2D eigenvalue weighted by Gasteiger charge is 2.17. The van der Waals surface area contributed by atoms with Crippen LogP contribution in [0.3, 0.4) is 0 Å². The molecule has 2 aromatic carbocycles. The molecule has 0 bridgehead atoms. The highest BCUT2D eigenvalue weighted by atomic mass is 35.5. The maximum Gasteiger partial charge on any atom is 0.260 e. The normalized spacial score (nSPS) is 10.4. The molecule has 0 aliphatic carbocycles. The lowest BCUT2D eigenvalue weighted by atomic mass is 10.2. The molecule has 2 amide bonds. The Kier molecular flexibility index (Phi) is 7.67. The summed E-state index contributed by atoms with van der Waals surface area (Å²) in [5, 5.41) is 3.50. The van der Waals surface area contributed by atoms with Gasteiger partial charge in [0.2, 0.25) is 5.91 Å². The van der Waals surface area contributed by atoms with Crippen molar-refractivity contribution < 1.29 is 14.3 Å². The number of para-hydroxylation sites is 1. The fourth-order valence-corrected chi connectivity index (χ4v) is 2.70. The number of halogens is 1. The predicted molar refractivity (Wildman–Crippen MR) is 108 cm³/mol. The molecule has 0 atom stereocenters. The molecule has 0 saturated carbocycles. The summed E-state index contributed by atoms with van der Waals surface area (Å²) in [6.07, 6.45) is 0.753. The van der Waals surface area contributed by atoms with Crippen molar-refractivity contribution >= 4 is 29.1 Å². The number of anilines is 1. The number of hydrogen-bond donors (Lipinski definition) is 1. The van der Waals surface area contributed by atoms with Gasteiger partial charge in [0.1, 0.15) is 5.75 Å². The Morgan fingerprint density at radius 1 is 1.11 bits per heavy atom. The molecule has 2 aromatic rings. The fourth-order valence-electron chi connectivity index (χ4n) is 2.58. The van der Waals surface area contributed by atoms with Crippen LogP contribution in [-0.2, 0) is 9.59 Å². The Balaban J connectivity index is 1.94. The van der Waals surface area contributed by atoms with Crippen LogP contribution in [0.5, 0.6) is 5.75 Å². The van der Waals surface area contributed by atoms with E-state index in [0.29, 0.717) is 17.3 Å². The van der Waals surface area contributed by atoms with Crippen LogP contribution in [0.25, 0.3) is 0 Å². The number of hydrogen-bond acceptors (Lipinski definition) is 3. The predicted octanol–water partition coefficient (Wildman–Crippen LogP) is 4.21. The van der Waals surface area contributed by atoms with Crippen LogP contribution in [0.1, 0.15) is 24.5 Å². The zero-order valence-electron chi connectivity index (χ0n) is 15.9. The Bertz CT molecular complexity index is 808. The van der Waals surface area contributed by atoms with E-state index in [-0.39, 0.29) is 25.0 Å². The zero-order valence-corrected chi connectivity index (χ0v) is 16.7. The molecule has 144 valence electrons. The summed E-state index contributed by atoms with van der Waals surface area (Å²) in [5.74, 6) is 0.115. The molecule has 2 rings (SSSR count). The van der Waals surface area contributed by atoms with E-state index < -0.39 is 0 Å². The maximum absolute atomic E-state index is 12.5. The standard InChI is InChI=1S/C21H25ClN2O3/c1-4-11-24(13-20(25)23-19-8-6-5-7-15(19)2)21(26)14-27-17-9-10-18(22)16(3)12-17/h5-10,12H,4,11,13-14H2,1-3H3,(H,23,25). The second-order valence-electron chi connectivity index (χ2n) is 6.38. The van der Waals surface area contributed by atoms with Gasteiger partial charge in [-0.25, -0.2) is 0 Å². The van der Waals surface area contributed by atoms with Crippen LogP contribution in [0.4, 0.5) is 5.69 Å². The Morgan fingerprint density at radius 2 is 1.85 bits per heavy atom. The van der Waals surface area contributed by atoms with E-state index in [2.05, 4.69) is 5.32 Å². The van der Waals surface area contributed by atoms with E-state index in [9.17, 15) is 9.59 Å². The summed E-state index contributed by atoms with van der Waals surface area (Å²) in [5.41, 5.74) is 2.60. The molecule has 0 spiro atoms. The molecule has 1 N–H and O–H groups in total. The Hall–Kier alpha value is -2.53. The van der Waals surface area contributed by atoms with Crippen molar-refractivity contribution in [3.8, 4) is 5.75 Å². The molecule has 6 heteroatoms. The fraction of sp³-hybridized carbons (Fsp3) is 0.333. The van der Waals surface area contributed by atoms with E-state index in [1.54, 1.807) is 18.2 Å². The van der Waals surface area contributed by atoms with Crippen molar-refractivity contribution in [3.05, 3.63) is 58.6 Å². The van der Waals surface area contributed by atoms with Crippen molar-refractivity contribution in [1.82, 2.24) is 4.90 Å². The van der Waals surface area contributed by atoms with Gasteiger partial charge < -0.3 is 15.0 Å². The van der Waals surface area contributed by atoms with Gasteiger partial charge >= 0.3 is 0 Å². The second kappa shape index (κ2) is 9.97. The van der Waals surface area contributed by atoms with Gasteiger partial charge in [0.05, 0.1) is 6.54 Å². The van der Waals surface area contributed by atoms with Gasteiger partial charge in [-0.2, -0.15) is 0 Å². The Labute approximate surface area is 165 Å². The molecular formula is C21H25ClN2O3. The molecule has 0 radical (unpaired) electrons. The van der Waals surface area contributed by atoms with Crippen molar-refractivity contribution in [2.75, 3.05) is 25.0 Å². The summed E-state index contributed by atoms with van der Waals surface area (Å²) in [6, 6.07) is 12.8. The van der Waals surface area contributed by atoms with Crippen LogP contribution in [-0.4, -0.2) is 36.4 Å². The van der Waals surface area contributed by atoms with Crippen molar-refractivity contribution in [2.45, 2.75) is 27.2 Å². The lowest BCUT2D eigenvalue weighted by molar-refractivity contribution is -0.136. The smallest absolute Gasteiger partial charge is 0.260 e. The molecule has 0 saturated heterocycles. The van der Waals surface area contributed by atoms with Gasteiger partial charge in [-0.1, -0.05) is 36.7 Å².